The fourth-order valence-electron chi connectivity index (χ4n) is 1.70. The molecule has 0 amide bonds. The van der Waals surface area contributed by atoms with Crippen LogP contribution in [-0.2, 0) is 5.41 Å². The SMILES string of the molecule is CCCNC(C)/C(C)=C/c1ccc(C(C)(C)C)s1. The minimum Gasteiger partial charge on any atom is -0.311 e. The lowest BCUT2D eigenvalue weighted by Gasteiger charge is -2.15. The van der Waals surface area contributed by atoms with E-state index in [9.17, 15) is 0 Å². The lowest BCUT2D eigenvalue weighted by atomic mass is 9.95. The van der Waals surface area contributed by atoms with Crippen molar-refractivity contribution in [2.24, 2.45) is 0 Å². The molecule has 0 fully saturated rings. The van der Waals surface area contributed by atoms with Gasteiger partial charge in [0, 0.05) is 15.8 Å². The molecule has 18 heavy (non-hydrogen) atoms. The molecular formula is C16H27NS. The fourth-order valence-corrected chi connectivity index (χ4v) is 2.78. The van der Waals surface area contributed by atoms with Crippen LogP contribution in [0.25, 0.3) is 6.08 Å². The molecule has 0 saturated heterocycles. The van der Waals surface area contributed by atoms with Crippen molar-refractivity contribution in [3.8, 4) is 0 Å². The summed E-state index contributed by atoms with van der Waals surface area (Å²) in [6.45, 7) is 14.5. The molecule has 2 heteroatoms. The maximum absolute atomic E-state index is 3.53. The zero-order valence-corrected chi connectivity index (χ0v) is 13.4. The summed E-state index contributed by atoms with van der Waals surface area (Å²) in [6.07, 6.45) is 3.50. The third kappa shape index (κ3) is 4.58. The van der Waals surface area contributed by atoms with E-state index in [0.717, 1.165) is 6.54 Å². The molecule has 0 saturated carbocycles. The van der Waals surface area contributed by atoms with E-state index in [4.69, 9.17) is 0 Å². The van der Waals surface area contributed by atoms with Gasteiger partial charge in [-0.2, -0.15) is 0 Å². The molecule has 1 aromatic rings. The van der Waals surface area contributed by atoms with Gasteiger partial charge in [0.25, 0.3) is 0 Å². The van der Waals surface area contributed by atoms with Crippen molar-refractivity contribution in [2.75, 3.05) is 6.54 Å². The van der Waals surface area contributed by atoms with E-state index in [1.807, 2.05) is 11.3 Å². The first-order chi connectivity index (χ1) is 8.34. The number of hydrogen-bond donors (Lipinski definition) is 1. The van der Waals surface area contributed by atoms with Crippen molar-refractivity contribution < 1.29 is 0 Å². The Hall–Kier alpha value is -0.600. The maximum Gasteiger partial charge on any atom is 0.0273 e. The van der Waals surface area contributed by atoms with Crippen LogP contribution in [0.3, 0.4) is 0 Å². The maximum atomic E-state index is 3.53. The van der Waals surface area contributed by atoms with Crippen LogP contribution in [0.1, 0.15) is 57.7 Å². The van der Waals surface area contributed by atoms with Crippen molar-refractivity contribution in [3.05, 3.63) is 27.5 Å². The third-order valence-electron chi connectivity index (χ3n) is 3.12. The molecule has 1 N–H and O–H groups in total. The summed E-state index contributed by atoms with van der Waals surface area (Å²) in [5.41, 5.74) is 1.67. The molecular weight excluding hydrogens is 238 g/mol. The van der Waals surface area contributed by atoms with Crippen LogP contribution in [0.15, 0.2) is 17.7 Å². The summed E-state index contributed by atoms with van der Waals surface area (Å²) < 4.78 is 0. The van der Waals surface area contributed by atoms with E-state index in [1.165, 1.54) is 21.7 Å². The van der Waals surface area contributed by atoms with E-state index in [2.05, 4.69) is 65.1 Å². The smallest absolute Gasteiger partial charge is 0.0273 e. The summed E-state index contributed by atoms with van der Waals surface area (Å²) in [5.74, 6) is 0. The molecule has 1 unspecified atom stereocenters. The first-order valence-electron chi connectivity index (χ1n) is 6.86. The van der Waals surface area contributed by atoms with Gasteiger partial charge in [-0.3, -0.25) is 0 Å². The molecule has 0 spiro atoms. The van der Waals surface area contributed by atoms with Crippen LogP contribution in [-0.4, -0.2) is 12.6 Å². The second kappa shape index (κ2) is 6.53. The van der Waals surface area contributed by atoms with Crippen molar-refractivity contribution in [1.82, 2.24) is 5.32 Å². The first-order valence-corrected chi connectivity index (χ1v) is 7.68. The summed E-state index contributed by atoms with van der Waals surface area (Å²) in [4.78, 5) is 2.82. The van der Waals surface area contributed by atoms with Gasteiger partial charge in [-0.15, -0.1) is 11.3 Å². The number of thiophene rings is 1. The van der Waals surface area contributed by atoms with Crippen LogP contribution in [0, 0.1) is 0 Å². The molecule has 102 valence electrons. The largest absolute Gasteiger partial charge is 0.311 e. The highest BCUT2D eigenvalue weighted by atomic mass is 32.1. The summed E-state index contributed by atoms with van der Waals surface area (Å²) in [5, 5.41) is 3.53. The quantitative estimate of drug-likeness (QED) is 0.803. The summed E-state index contributed by atoms with van der Waals surface area (Å²) in [6, 6.07) is 4.96. The second-order valence-corrected chi connectivity index (χ2v) is 7.13. The molecule has 1 aromatic heterocycles. The Morgan fingerprint density at radius 3 is 2.56 bits per heavy atom. The molecule has 1 atom stereocenters. The van der Waals surface area contributed by atoms with Crippen LogP contribution in [0.2, 0.25) is 0 Å². The Kier molecular flexibility index (Phi) is 5.61. The molecule has 0 bridgehead atoms. The lowest BCUT2D eigenvalue weighted by molar-refractivity contribution is 0.604. The standard InChI is InChI=1S/C16H27NS/c1-7-10-17-13(3)12(2)11-14-8-9-15(18-14)16(4,5)6/h8-9,11,13,17H,7,10H2,1-6H3/b12-11+. The Labute approximate surface area is 116 Å². The zero-order chi connectivity index (χ0) is 13.8. The zero-order valence-electron chi connectivity index (χ0n) is 12.6. The van der Waals surface area contributed by atoms with E-state index < -0.39 is 0 Å². The number of nitrogens with one attached hydrogen (secondary N) is 1. The van der Waals surface area contributed by atoms with E-state index >= 15 is 0 Å². The minimum absolute atomic E-state index is 0.261. The minimum atomic E-state index is 0.261. The van der Waals surface area contributed by atoms with Crippen LogP contribution in [0.5, 0.6) is 0 Å². The van der Waals surface area contributed by atoms with Gasteiger partial charge in [0.05, 0.1) is 0 Å². The molecule has 0 aliphatic rings. The van der Waals surface area contributed by atoms with Crippen LogP contribution < -0.4 is 5.32 Å². The van der Waals surface area contributed by atoms with E-state index in [-0.39, 0.29) is 5.41 Å². The van der Waals surface area contributed by atoms with Crippen LogP contribution >= 0.6 is 11.3 Å². The van der Waals surface area contributed by atoms with Crippen molar-refractivity contribution in [2.45, 2.75) is 59.4 Å². The molecule has 0 aromatic carbocycles. The monoisotopic (exact) mass is 265 g/mol. The highest BCUT2D eigenvalue weighted by Crippen LogP contribution is 2.30. The molecule has 1 rings (SSSR count). The molecule has 1 heterocycles. The van der Waals surface area contributed by atoms with E-state index in [0.29, 0.717) is 6.04 Å². The van der Waals surface area contributed by atoms with Crippen molar-refractivity contribution >= 4 is 17.4 Å². The Morgan fingerprint density at radius 1 is 1.39 bits per heavy atom. The average Bonchev–Trinajstić information content (AvgIpc) is 2.73. The second-order valence-electron chi connectivity index (χ2n) is 6.02. The Bertz CT molecular complexity index is 395. The Balaban J connectivity index is 2.73. The molecule has 0 radical (unpaired) electrons. The van der Waals surface area contributed by atoms with Crippen molar-refractivity contribution in [3.63, 3.8) is 0 Å². The summed E-state index contributed by atoms with van der Waals surface area (Å²) in [7, 11) is 0. The van der Waals surface area contributed by atoms with Gasteiger partial charge < -0.3 is 5.32 Å². The Morgan fingerprint density at radius 2 is 2.06 bits per heavy atom. The van der Waals surface area contributed by atoms with Gasteiger partial charge in [0.1, 0.15) is 0 Å². The molecule has 0 aliphatic carbocycles. The van der Waals surface area contributed by atoms with Crippen LogP contribution in [0.4, 0.5) is 0 Å². The van der Waals surface area contributed by atoms with Gasteiger partial charge in [0.2, 0.25) is 0 Å². The molecule has 0 aliphatic heterocycles. The molecule has 1 nitrogen and oxygen atoms in total. The topological polar surface area (TPSA) is 12.0 Å². The van der Waals surface area contributed by atoms with Gasteiger partial charge in [-0.05, 0) is 50.4 Å². The summed E-state index contributed by atoms with van der Waals surface area (Å²) >= 11 is 1.91. The van der Waals surface area contributed by atoms with E-state index in [1.54, 1.807) is 0 Å². The predicted molar refractivity (Wildman–Crippen MR) is 84.4 cm³/mol. The van der Waals surface area contributed by atoms with Gasteiger partial charge in [-0.25, -0.2) is 0 Å². The predicted octanol–water partition coefficient (Wildman–Crippen LogP) is 4.84. The highest BCUT2D eigenvalue weighted by molar-refractivity contribution is 7.13. The number of hydrogen-bond acceptors (Lipinski definition) is 2. The van der Waals surface area contributed by atoms with Crippen molar-refractivity contribution in [1.29, 1.82) is 0 Å². The number of rotatable bonds is 5. The first kappa shape index (κ1) is 15.5. The highest BCUT2D eigenvalue weighted by Gasteiger charge is 2.15. The van der Waals surface area contributed by atoms with Gasteiger partial charge in [-0.1, -0.05) is 33.3 Å². The normalized spacial score (nSPS) is 14.9. The van der Waals surface area contributed by atoms with Gasteiger partial charge in [0.15, 0.2) is 0 Å². The fraction of sp³-hybridized carbons (Fsp3) is 0.625. The average molecular weight is 265 g/mol. The third-order valence-corrected chi connectivity index (χ3v) is 4.58. The van der Waals surface area contributed by atoms with Gasteiger partial charge >= 0.3 is 0 Å². The lowest BCUT2D eigenvalue weighted by Crippen LogP contribution is -2.27.